The molecule has 146 valence electrons. The average Bonchev–Trinajstić information content (AvgIpc) is 3.39. The van der Waals surface area contributed by atoms with Gasteiger partial charge in [0.25, 0.3) is 0 Å². The number of sulfonamides is 1. The van der Waals surface area contributed by atoms with Gasteiger partial charge in [0.1, 0.15) is 0 Å². The van der Waals surface area contributed by atoms with Crippen molar-refractivity contribution in [2.45, 2.75) is 57.6 Å². The smallest absolute Gasteiger partial charge is 0.216 e. The van der Waals surface area contributed by atoms with Gasteiger partial charge in [-0.3, -0.25) is 0 Å². The molecule has 0 aromatic heterocycles. The van der Waals surface area contributed by atoms with E-state index in [-0.39, 0.29) is 5.25 Å². The van der Waals surface area contributed by atoms with Gasteiger partial charge in [-0.2, -0.15) is 0 Å². The molecule has 2 aliphatic heterocycles. The molecule has 25 heavy (non-hydrogen) atoms. The Hall–Kier alpha value is -0.170. The number of piperidine rings is 2. The van der Waals surface area contributed by atoms with E-state index in [4.69, 9.17) is 4.74 Å². The summed E-state index contributed by atoms with van der Waals surface area (Å²) in [7, 11) is -3.08. The Morgan fingerprint density at radius 3 is 2.44 bits per heavy atom. The molecule has 0 amide bonds. The summed E-state index contributed by atoms with van der Waals surface area (Å²) in [5, 5.41) is 3.14. The Balaban J connectivity index is 1.26. The summed E-state index contributed by atoms with van der Waals surface area (Å²) in [6.45, 7) is 8.95. The van der Waals surface area contributed by atoms with Crippen molar-refractivity contribution in [3.05, 3.63) is 0 Å². The van der Waals surface area contributed by atoms with Crippen molar-refractivity contribution in [3.63, 3.8) is 0 Å². The van der Waals surface area contributed by atoms with E-state index in [2.05, 4.69) is 5.32 Å². The maximum atomic E-state index is 12.2. The van der Waals surface area contributed by atoms with Gasteiger partial charge < -0.3 is 10.1 Å². The van der Waals surface area contributed by atoms with Crippen molar-refractivity contribution in [1.82, 2.24) is 9.62 Å². The van der Waals surface area contributed by atoms with Crippen LogP contribution in [0.15, 0.2) is 0 Å². The summed E-state index contributed by atoms with van der Waals surface area (Å²) >= 11 is 0. The summed E-state index contributed by atoms with van der Waals surface area (Å²) in [6, 6.07) is 0. The topological polar surface area (TPSA) is 58.6 Å². The van der Waals surface area contributed by atoms with Crippen molar-refractivity contribution in [1.29, 1.82) is 0 Å². The largest absolute Gasteiger partial charge is 0.381 e. The van der Waals surface area contributed by atoms with Crippen LogP contribution in [0.5, 0.6) is 0 Å². The van der Waals surface area contributed by atoms with Gasteiger partial charge in [-0.05, 0) is 89.1 Å². The summed E-state index contributed by atoms with van der Waals surface area (Å²) in [5.74, 6) is 3.35. The molecular formula is C19H36N2O3S. The second kappa shape index (κ2) is 8.68. The van der Waals surface area contributed by atoms with Gasteiger partial charge in [-0.25, -0.2) is 12.7 Å². The van der Waals surface area contributed by atoms with E-state index in [1.807, 2.05) is 0 Å². The lowest BCUT2D eigenvalue weighted by Crippen LogP contribution is -2.42. The van der Waals surface area contributed by atoms with Crippen LogP contribution in [0, 0.1) is 23.7 Å². The Kier molecular flexibility index (Phi) is 6.80. The summed E-state index contributed by atoms with van der Waals surface area (Å²) in [6.07, 6.45) is 7.23. The summed E-state index contributed by atoms with van der Waals surface area (Å²) in [5.41, 5.74) is 0. The van der Waals surface area contributed by atoms with Crippen LogP contribution in [0.3, 0.4) is 0 Å². The number of nitrogens with one attached hydrogen (secondary N) is 1. The van der Waals surface area contributed by atoms with Crippen LogP contribution in [0.25, 0.3) is 0 Å². The van der Waals surface area contributed by atoms with E-state index in [0.717, 1.165) is 43.8 Å². The maximum absolute atomic E-state index is 12.2. The lowest BCUT2D eigenvalue weighted by Gasteiger charge is -2.32. The van der Waals surface area contributed by atoms with Gasteiger partial charge in [0.05, 0.1) is 5.25 Å². The highest BCUT2D eigenvalue weighted by Crippen LogP contribution is 2.49. The quantitative estimate of drug-likeness (QED) is 0.665. The highest BCUT2D eigenvalue weighted by molar-refractivity contribution is 7.89. The van der Waals surface area contributed by atoms with Gasteiger partial charge in [0, 0.05) is 26.3 Å². The molecule has 0 aromatic carbocycles. The molecule has 2 unspecified atom stereocenters. The zero-order valence-electron chi connectivity index (χ0n) is 16.0. The molecule has 0 spiro atoms. The molecule has 0 bridgehead atoms. The van der Waals surface area contributed by atoms with Gasteiger partial charge in [0.15, 0.2) is 0 Å². The predicted molar refractivity (Wildman–Crippen MR) is 101 cm³/mol. The first kappa shape index (κ1) is 19.6. The lowest BCUT2D eigenvalue weighted by atomic mass is 9.91. The van der Waals surface area contributed by atoms with Crippen molar-refractivity contribution < 1.29 is 13.2 Å². The first-order valence-corrected chi connectivity index (χ1v) is 11.8. The van der Waals surface area contributed by atoms with Crippen molar-refractivity contribution in [3.8, 4) is 0 Å². The van der Waals surface area contributed by atoms with Crippen LogP contribution in [-0.2, 0) is 14.8 Å². The van der Waals surface area contributed by atoms with E-state index in [1.54, 1.807) is 18.2 Å². The first-order valence-electron chi connectivity index (χ1n) is 10.3. The molecule has 2 atom stereocenters. The Bertz CT molecular complexity index is 509. The van der Waals surface area contributed by atoms with E-state index < -0.39 is 10.0 Å². The van der Waals surface area contributed by atoms with E-state index in [9.17, 15) is 8.42 Å². The number of hydrogen-bond donors (Lipinski definition) is 1. The van der Waals surface area contributed by atoms with Gasteiger partial charge >= 0.3 is 0 Å². The fraction of sp³-hybridized carbons (Fsp3) is 1.00. The number of rotatable bonds is 8. The highest BCUT2D eigenvalue weighted by atomic mass is 32.2. The number of ether oxygens (including phenoxy) is 1. The molecular weight excluding hydrogens is 336 g/mol. The van der Waals surface area contributed by atoms with Crippen LogP contribution in [0.1, 0.15) is 52.4 Å². The minimum atomic E-state index is -3.08. The zero-order chi connectivity index (χ0) is 17.9. The van der Waals surface area contributed by atoms with E-state index in [0.29, 0.717) is 19.0 Å². The van der Waals surface area contributed by atoms with Crippen LogP contribution in [-0.4, -0.2) is 57.4 Å². The third-order valence-corrected chi connectivity index (χ3v) is 8.76. The van der Waals surface area contributed by atoms with Crippen LogP contribution < -0.4 is 5.32 Å². The average molecular weight is 373 g/mol. The van der Waals surface area contributed by atoms with Crippen molar-refractivity contribution in [2.75, 3.05) is 39.4 Å². The van der Waals surface area contributed by atoms with Gasteiger partial charge in [-0.1, -0.05) is 0 Å². The monoisotopic (exact) mass is 372 g/mol. The van der Waals surface area contributed by atoms with Crippen LogP contribution >= 0.6 is 0 Å². The Morgan fingerprint density at radius 2 is 1.80 bits per heavy atom. The van der Waals surface area contributed by atoms with Gasteiger partial charge in [0.2, 0.25) is 10.0 Å². The molecule has 0 radical (unpaired) electrons. The van der Waals surface area contributed by atoms with Gasteiger partial charge in [-0.15, -0.1) is 0 Å². The van der Waals surface area contributed by atoms with Crippen LogP contribution in [0.4, 0.5) is 0 Å². The van der Waals surface area contributed by atoms with E-state index >= 15 is 0 Å². The minimum absolute atomic E-state index is 0.313. The van der Waals surface area contributed by atoms with Crippen molar-refractivity contribution in [2.24, 2.45) is 23.7 Å². The summed E-state index contributed by atoms with van der Waals surface area (Å²) < 4.78 is 32.0. The molecule has 0 aromatic rings. The first-order chi connectivity index (χ1) is 12.0. The third-order valence-electron chi connectivity index (χ3n) is 6.48. The predicted octanol–water partition coefficient (Wildman–Crippen LogP) is 2.48. The lowest BCUT2D eigenvalue weighted by molar-refractivity contribution is 0.0744. The summed E-state index contributed by atoms with van der Waals surface area (Å²) in [4.78, 5) is 0. The fourth-order valence-corrected chi connectivity index (χ4v) is 5.88. The molecule has 3 aliphatic rings. The second-order valence-corrected chi connectivity index (χ2v) is 11.0. The molecule has 1 aliphatic carbocycles. The molecule has 6 heteroatoms. The standard InChI is InChI=1S/C19H36N2O3S/c1-15(2)25(22,23)21-10-5-16(6-11-21)14-24-12-7-18-13-19(18)17-3-8-20-9-4-17/h15-20H,3-14H2,1-2H3. The molecule has 2 saturated heterocycles. The SMILES string of the molecule is CC(C)S(=O)(=O)N1CCC(COCCC2CC2C2CCNCC2)CC1. The normalized spacial score (nSPS) is 30.0. The Labute approximate surface area is 153 Å². The molecule has 2 heterocycles. The Morgan fingerprint density at radius 1 is 1.12 bits per heavy atom. The van der Waals surface area contributed by atoms with Crippen molar-refractivity contribution >= 4 is 10.0 Å². The second-order valence-electron chi connectivity index (χ2n) is 8.55. The molecule has 3 fully saturated rings. The number of nitrogens with zero attached hydrogens (tertiary/aromatic N) is 1. The fourth-order valence-electron chi connectivity index (χ4n) is 4.57. The van der Waals surface area contributed by atoms with E-state index in [1.165, 1.54) is 38.8 Å². The molecule has 3 rings (SSSR count). The molecule has 5 nitrogen and oxygen atoms in total. The molecule has 1 saturated carbocycles. The maximum Gasteiger partial charge on any atom is 0.216 e. The highest BCUT2D eigenvalue weighted by Gasteiger charge is 2.42. The van der Waals surface area contributed by atoms with Crippen LogP contribution in [0.2, 0.25) is 0 Å². The zero-order valence-corrected chi connectivity index (χ0v) is 16.8. The third kappa shape index (κ3) is 5.18. The minimum Gasteiger partial charge on any atom is -0.381 e. The molecule has 1 N–H and O–H groups in total. The number of hydrogen-bond acceptors (Lipinski definition) is 4.